The molecule has 5 heteroatoms. The van der Waals surface area contributed by atoms with Crippen LogP contribution in [0.4, 0.5) is 4.79 Å². The molecule has 0 saturated carbocycles. The molecule has 0 unspecified atom stereocenters. The van der Waals surface area contributed by atoms with Crippen LogP contribution in [0.15, 0.2) is 42.5 Å². The predicted octanol–water partition coefficient (Wildman–Crippen LogP) is 4.22. The zero-order chi connectivity index (χ0) is 17.9. The van der Waals surface area contributed by atoms with Crippen molar-refractivity contribution in [3.8, 4) is 0 Å². The third-order valence-electron chi connectivity index (χ3n) is 3.68. The van der Waals surface area contributed by atoms with E-state index < -0.39 is 23.7 Å². The summed E-state index contributed by atoms with van der Waals surface area (Å²) in [7, 11) is 1.57. The van der Waals surface area contributed by atoms with Crippen molar-refractivity contribution in [1.82, 2.24) is 4.90 Å². The molecule has 0 saturated heterocycles. The lowest BCUT2D eigenvalue weighted by Gasteiger charge is -2.30. The first-order chi connectivity index (χ1) is 11.2. The van der Waals surface area contributed by atoms with E-state index in [1.165, 1.54) is 4.90 Å². The van der Waals surface area contributed by atoms with Crippen molar-refractivity contribution in [2.45, 2.75) is 38.8 Å². The molecule has 2 aromatic rings. The highest BCUT2D eigenvalue weighted by atomic mass is 16.6. The van der Waals surface area contributed by atoms with Crippen molar-refractivity contribution in [3.05, 3.63) is 48.0 Å². The van der Waals surface area contributed by atoms with E-state index in [-0.39, 0.29) is 6.42 Å². The SMILES string of the molecule is CN(C(=O)OC(C)(C)C)[C@H](CC(=O)O)c1ccc2ccccc2c1. The van der Waals surface area contributed by atoms with Gasteiger partial charge in [0.05, 0.1) is 12.5 Å². The van der Waals surface area contributed by atoms with E-state index in [4.69, 9.17) is 4.74 Å². The van der Waals surface area contributed by atoms with Gasteiger partial charge < -0.3 is 14.7 Å². The van der Waals surface area contributed by atoms with Crippen LogP contribution in [0.3, 0.4) is 0 Å². The minimum atomic E-state index is -0.969. The number of hydrogen-bond acceptors (Lipinski definition) is 3. The van der Waals surface area contributed by atoms with Gasteiger partial charge in [0.2, 0.25) is 0 Å². The maximum atomic E-state index is 12.3. The molecule has 24 heavy (non-hydrogen) atoms. The zero-order valence-corrected chi connectivity index (χ0v) is 14.4. The van der Waals surface area contributed by atoms with Gasteiger partial charge in [-0.25, -0.2) is 4.79 Å². The summed E-state index contributed by atoms with van der Waals surface area (Å²) < 4.78 is 5.37. The highest BCUT2D eigenvalue weighted by molar-refractivity contribution is 5.83. The minimum Gasteiger partial charge on any atom is -0.481 e. The van der Waals surface area contributed by atoms with Gasteiger partial charge in [-0.15, -0.1) is 0 Å². The van der Waals surface area contributed by atoms with E-state index in [0.29, 0.717) is 0 Å². The summed E-state index contributed by atoms with van der Waals surface area (Å²) in [6, 6.07) is 12.9. The smallest absolute Gasteiger partial charge is 0.410 e. The molecule has 2 rings (SSSR count). The molecule has 1 N–H and O–H groups in total. The number of hydrogen-bond donors (Lipinski definition) is 1. The van der Waals surface area contributed by atoms with Crippen LogP contribution in [-0.2, 0) is 9.53 Å². The number of carboxylic acid groups (broad SMARTS) is 1. The second kappa shape index (κ2) is 6.91. The Kier molecular flexibility index (Phi) is 5.12. The van der Waals surface area contributed by atoms with Crippen molar-refractivity contribution in [2.75, 3.05) is 7.05 Å². The van der Waals surface area contributed by atoms with E-state index in [1.807, 2.05) is 42.5 Å². The standard InChI is InChI=1S/C19H23NO4/c1-19(2,3)24-18(23)20(4)16(12-17(21)22)15-10-9-13-7-5-6-8-14(13)11-15/h5-11,16H,12H2,1-4H3,(H,21,22)/t16-/m1/s1. The molecular weight excluding hydrogens is 306 g/mol. The number of fused-ring (bicyclic) bond motifs is 1. The van der Waals surface area contributed by atoms with Crippen LogP contribution in [0.5, 0.6) is 0 Å². The van der Waals surface area contributed by atoms with E-state index in [0.717, 1.165) is 16.3 Å². The number of rotatable bonds is 4. The van der Waals surface area contributed by atoms with E-state index in [9.17, 15) is 14.7 Å². The molecule has 128 valence electrons. The van der Waals surface area contributed by atoms with E-state index in [1.54, 1.807) is 27.8 Å². The molecule has 0 bridgehead atoms. The van der Waals surface area contributed by atoms with Gasteiger partial charge in [-0.05, 0) is 43.2 Å². The number of ether oxygens (including phenoxy) is 1. The molecule has 2 aromatic carbocycles. The van der Waals surface area contributed by atoms with Gasteiger partial charge in [0.15, 0.2) is 0 Å². The summed E-state index contributed by atoms with van der Waals surface area (Å²) in [5, 5.41) is 11.3. The highest BCUT2D eigenvalue weighted by Crippen LogP contribution is 2.28. The number of carbonyl (C=O) groups is 2. The van der Waals surface area contributed by atoms with Crippen molar-refractivity contribution >= 4 is 22.8 Å². The lowest BCUT2D eigenvalue weighted by Crippen LogP contribution is -2.37. The Morgan fingerprint density at radius 3 is 2.33 bits per heavy atom. The monoisotopic (exact) mass is 329 g/mol. The number of carboxylic acids is 1. The molecule has 0 spiro atoms. The highest BCUT2D eigenvalue weighted by Gasteiger charge is 2.28. The Morgan fingerprint density at radius 1 is 1.12 bits per heavy atom. The van der Waals surface area contributed by atoms with Crippen molar-refractivity contribution < 1.29 is 19.4 Å². The third kappa shape index (κ3) is 4.47. The maximum Gasteiger partial charge on any atom is 0.410 e. The lowest BCUT2D eigenvalue weighted by molar-refractivity contribution is -0.138. The third-order valence-corrected chi connectivity index (χ3v) is 3.68. The molecule has 5 nitrogen and oxygen atoms in total. The fraction of sp³-hybridized carbons (Fsp3) is 0.368. The Hall–Kier alpha value is -2.56. The van der Waals surface area contributed by atoms with Crippen LogP contribution in [0.25, 0.3) is 10.8 Å². The van der Waals surface area contributed by atoms with Crippen molar-refractivity contribution in [3.63, 3.8) is 0 Å². The Morgan fingerprint density at radius 2 is 1.75 bits per heavy atom. The fourth-order valence-electron chi connectivity index (χ4n) is 2.52. The number of carbonyl (C=O) groups excluding carboxylic acids is 1. The van der Waals surface area contributed by atoms with Crippen LogP contribution in [-0.4, -0.2) is 34.7 Å². The topological polar surface area (TPSA) is 66.8 Å². The van der Waals surface area contributed by atoms with Crippen LogP contribution < -0.4 is 0 Å². The van der Waals surface area contributed by atoms with Gasteiger partial charge in [0.1, 0.15) is 5.60 Å². The summed E-state index contributed by atoms with van der Waals surface area (Å²) in [4.78, 5) is 25.0. The second-order valence-corrected chi connectivity index (χ2v) is 6.81. The summed E-state index contributed by atoms with van der Waals surface area (Å²) in [5.74, 6) is -0.969. The second-order valence-electron chi connectivity index (χ2n) is 6.81. The maximum absolute atomic E-state index is 12.3. The van der Waals surface area contributed by atoms with Crippen molar-refractivity contribution in [2.24, 2.45) is 0 Å². The largest absolute Gasteiger partial charge is 0.481 e. The first-order valence-corrected chi connectivity index (χ1v) is 7.83. The molecule has 0 aliphatic heterocycles. The molecule has 0 radical (unpaired) electrons. The molecule has 1 amide bonds. The predicted molar refractivity (Wildman–Crippen MR) is 92.9 cm³/mol. The van der Waals surface area contributed by atoms with E-state index >= 15 is 0 Å². The number of amides is 1. The Balaban J connectivity index is 2.35. The first kappa shape index (κ1) is 17.8. The summed E-state index contributed by atoms with van der Waals surface area (Å²) >= 11 is 0. The first-order valence-electron chi connectivity index (χ1n) is 7.83. The van der Waals surface area contributed by atoms with Gasteiger partial charge in [-0.2, -0.15) is 0 Å². The molecule has 0 heterocycles. The van der Waals surface area contributed by atoms with Gasteiger partial charge in [0, 0.05) is 7.05 Å². The van der Waals surface area contributed by atoms with Gasteiger partial charge >= 0.3 is 12.1 Å². The van der Waals surface area contributed by atoms with Gasteiger partial charge in [-0.1, -0.05) is 36.4 Å². The van der Waals surface area contributed by atoms with Crippen molar-refractivity contribution in [1.29, 1.82) is 0 Å². The molecule has 0 fully saturated rings. The molecule has 0 aromatic heterocycles. The molecule has 0 aliphatic rings. The van der Waals surface area contributed by atoms with Crippen LogP contribution in [0, 0.1) is 0 Å². The van der Waals surface area contributed by atoms with Crippen LogP contribution >= 0.6 is 0 Å². The van der Waals surface area contributed by atoms with Gasteiger partial charge in [-0.3, -0.25) is 4.79 Å². The number of aliphatic carboxylic acids is 1. The van der Waals surface area contributed by atoms with Crippen LogP contribution in [0.2, 0.25) is 0 Å². The molecule has 0 aliphatic carbocycles. The fourth-order valence-corrected chi connectivity index (χ4v) is 2.52. The Bertz CT molecular complexity index is 748. The average molecular weight is 329 g/mol. The molecule has 1 atom stereocenters. The van der Waals surface area contributed by atoms with E-state index in [2.05, 4.69) is 0 Å². The number of benzene rings is 2. The van der Waals surface area contributed by atoms with Gasteiger partial charge in [0.25, 0.3) is 0 Å². The van der Waals surface area contributed by atoms with Crippen LogP contribution in [0.1, 0.15) is 38.8 Å². The Labute approximate surface area is 141 Å². The quantitative estimate of drug-likeness (QED) is 0.912. The summed E-state index contributed by atoms with van der Waals surface area (Å²) in [6.45, 7) is 5.34. The zero-order valence-electron chi connectivity index (χ0n) is 14.4. The summed E-state index contributed by atoms with van der Waals surface area (Å²) in [5.41, 5.74) is 0.132. The average Bonchev–Trinajstić information content (AvgIpc) is 2.49. The summed E-state index contributed by atoms with van der Waals surface area (Å²) in [6.07, 6.45) is -0.726. The normalized spacial score (nSPS) is 12.7. The number of nitrogens with zero attached hydrogens (tertiary/aromatic N) is 1. The molecular formula is C19H23NO4. The lowest BCUT2D eigenvalue weighted by atomic mass is 9.99. The minimum absolute atomic E-state index is 0.186.